The Balaban J connectivity index is 3.20. The molecule has 1 aromatic carbocycles. The molecule has 4 N–H and O–H groups in total. The van der Waals surface area contributed by atoms with E-state index < -0.39 is 11.9 Å². The normalized spacial score (nSPS) is 12.9. The molecule has 3 nitrogen and oxygen atoms in total. The highest BCUT2D eigenvalue weighted by atomic mass is 35.5. The molecule has 1 aromatic rings. The van der Waals surface area contributed by atoms with Crippen molar-refractivity contribution in [2.24, 2.45) is 5.73 Å². The molecule has 13 heavy (non-hydrogen) atoms. The molecular formula is C8H9ClFNO2. The molecule has 0 saturated carbocycles. The van der Waals surface area contributed by atoms with Gasteiger partial charge in [-0.3, -0.25) is 0 Å². The summed E-state index contributed by atoms with van der Waals surface area (Å²) in [6.45, 7) is -0.382. The van der Waals surface area contributed by atoms with Crippen molar-refractivity contribution in [2.75, 3.05) is 6.61 Å². The van der Waals surface area contributed by atoms with Crippen LogP contribution in [0.15, 0.2) is 12.1 Å². The largest absolute Gasteiger partial charge is 0.506 e. The van der Waals surface area contributed by atoms with E-state index in [0.717, 1.165) is 12.1 Å². The number of hydrogen-bond acceptors (Lipinski definition) is 3. The molecule has 0 aliphatic heterocycles. The van der Waals surface area contributed by atoms with E-state index in [-0.39, 0.29) is 22.9 Å². The van der Waals surface area contributed by atoms with E-state index in [2.05, 4.69) is 0 Å². The van der Waals surface area contributed by atoms with Crippen LogP contribution in [0.2, 0.25) is 5.02 Å². The molecule has 1 atom stereocenters. The lowest BCUT2D eigenvalue weighted by molar-refractivity contribution is 0.265. The fourth-order valence-electron chi connectivity index (χ4n) is 0.967. The topological polar surface area (TPSA) is 66.5 Å². The van der Waals surface area contributed by atoms with Crippen LogP contribution < -0.4 is 5.73 Å². The average Bonchev–Trinajstić information content (AvgIpc) is 2.10. The molecule has 0 fully saturated rings. The van der Waals surface area contributed by atoms with E-state index >= 15 is 0 Å². The Morgan fingerprint density at radius 2 is 2.15 bits per heavy atom. The fraction of sp³-hybridized carbons (Fsp3) is 0.250. The van der Waals surface area contributed by atoms with Gasteiger partial charge in [-0.2, -0.15) is 0 Å². The van der Waals surface area contributed by atoms with Crippen molar-refractivity contribution < 1.29 is 14.6 Å². The van der Waals surface area contributed by atoms with Crippen molar-refractivity contribution in [2.45, 2.75) is 6.04 Å². The predicted octanol–water partition coefficient (Wildman–Crippen LogP) is 1.18. The molecule has 1 rings (SSSR count). The Hall–Kier alpha value is -0.840. The van der Waals surface area contributed by atoms with Gasteiger partial charge in [-0.1, -0.05) is 11.6 Å². The van der Waals surface area contributed by atoms with Gasteiger partial charge in [0.25, 0.3) is 0 Å². The minimum atomic E-state index is -0.826. The molecule has 0 spiro atoms. The maximum Gasteiger partial charge on any atom is 0.139 e. The average molecular weight is 206 g/mol. The van der Waals surface area contributed by atoms with Crippen LogP contribution in [0.4, 0.5) is 4.39 Å². The second-order valence-electron chi connectivity index (χ2n) is 2.61. The summed E-state index contributed by atoms with van der Waals surface area (Å²) in [5.41, 5.74) is 5.50. The van der Waals surface area contributed by atoms with Crippen molar-refractivity contribution in [3.63, 3.8) is 0 Å². The van der Waals surface area contributed by atoms with Crippen LogP contribution in [0, 0.1) is 5.82 Å². The SMILES string of the molecule is NC(CO)c1cc(F)cc(Cl)c1O. The monoisotopic (exact) mass is 205 g/mol. The van der Waals surface area contributed by atoms with Crippen LogP contribution in [0.3, 0.4) is 0 Å². The highest BCUT2D eigenvalue weighted by Crippen LogP contribution is 2.31. The first-order valence-corrected chi connectivity index (χ1v) is 3.98. The van der Waals surface area contributed by atoms with Crippen LogP contribution in [-0.4, -0.2) is 16.8 Å². The molecular weight excluding hydrogens is 197 g/mol. The van der Waals surface area contributed by atoms with Gasteiger partial charge in [0.1, 0.15) is 11.6 Å². The number of phenolic OH excluding ortho intramolecular Hbond substituents is 1. The second-order valence-corrected chi connectivity index (χ2v) is 3.02. The first-order chi connectivity index (χ1) is 6.06. The third-order valence-corrected chi connectivity index (χ3v) is 1.94. The first-order valence-electron chi connectivity index (χ1n) is 3.60. The van der Waals surface area contributed by atoms with Gasteiger partial charge in [0.2, 0.25) is 0 Å². The molecule has 0 saturated heterocycles. The molecule has 0 radical (unpaired) electrons. The zero-order valence-electron chi connectivity index (χ0n) is 6.67. The van der Waals surface area contributed by atoms with Gasteiger partial charge >= 0.3 is 0 Å². The Morgan fingerprint density at radius 3 is 2.69 bits per heavy atom. The predicted molar refractivity (Wildman–Crippen MR) is 47.1 cm³/mol. The number of halogens is 2. The lowest BCUT2D eigenvalue weighted by atomic mass is 10.1. The quantitative estimate of drug-likeness (QED) is 0.679. The number of aliphatic hydroxyl groups excluding tert-OH is 1. The summed E-state index contributed by atoms with van der Waals surface area (Å²) in [6.07, 6.45) is 0. The summed E-state index contributed by atoms with van der Waals surface area (Å²) in [5.74, 6) is -0.883. The number of rotatable bonds is 2. The molecule has 0 bridgehead atoms. The summed E-state index contributed by atoms with van der Waals surface area (Å²) in [4.78, 5) is 0. The number of hydrogen-bond donors (Lipinski definition) is 3. The summed E-state index contributed by atoms with van der Waals surface area (Å²) in [6, 6.07) is 1.19. The Labute approximate surface area is 79.6 Å². The zero-order valence-corrected chi connectivity index (χ0v) is 7.42. The highest BCUT2D eigenvalue weighted by Gasteiger charge is 2.14. The Morgan fingerprint density at radius 1 is 1.54 bits per heavy atom. The van der Waals surface area contributed by atoms with Crippen molar-refractivity contribution >= 4 is 11.6 Å². The Kier molecular flexibility index (Phi) is 3.08. The van der Waals surface area contributed by atoms with Crippen LogP contribution in [-0.2, 0) is 0 Å². The number of benzene rings is 1. The first kappa shape index (κ1) is 10.2. The second kappa shape index (κ2) is 3.91. The van der Waals surface area contributed by atoms with Crippen molar-refractivity contribution in [3.8, 4) is 5.75 Å². The van der Waals surface area contributed by atoms with Gasteiger partial charge in [-0.05, 0) is 12.1 Å². The number of nitrogens with two attached hydrogens (primary N) is 1. The van der Waals surface area contributed by atoms with E-state index in [1.807, 2.05) is 0 Å². The molecule has 0 aromatic heterocycles. The van der Waals surface area contributed by atoms with Gasteiger partial charge < -0.3 is 15.9 Å². The lowest BCUT2D eigenvalue weighted by Crippen LogP contribution is -2.14. The van der Waals surface area contributed by atoms with Crippen LogP contribution in [0.5, 0.6) is 5.75 Å². The maximum atomic E-state index is 12.8. The van der Waals surface area contributed by atoms with E-state index in [1.165, 1.54) is 0 Å². The summed E-state index contributed by atoms with van der Waals surface area (Å²) < 4.78 is 12.8. The molecule has 1 unspecified atom stereocenters. The Bertz CT molecular complexity index is 319. The molecule has 0 aliphatic rings. The van der Waals surface area contributed by atoms with E-state index in [4.69, 9.17) is 22.4 Å². The number of aromatic hydroxyl groups is 1. The van der Waals surface area contributed by atoms with Crippen LogP contribution in [0.1, 0.15) is 11.6 Å². The van der Waals surface area contributed by atoms with Gasteiger partial charge in [0, 0.05) is 5.56 Å². The number of phenols is 1. The van der Waals surface area contributed by atoms with Crippen molar-refractivity contribution in [3.05, 3.63) is 28.5 Å². The highest BCUT2D eigenvalue weighted by molar-refractivity contribution is 6.32. The van der Waals surface area contributed by atoms with E-state index in [0.29, 0.717) is 0 Å². The molecule has 0 amide bonds. The van der Waals surface area contributed by atoms with E-state index in [1.54, 1.807) is 0 Å². The molecule has 0 aliphatic carbocycles. The summed E-state index contributed by atoms with van der Waals surface area (Å²) >= 11 is 5.49. The van der Waals surface area contributed by atoms with E-state index in [9.17, 15) is 9.50 Å². The standard InChI is InChI=1S/C8H9ClFNO2/c9-6-2-4(10)1-5(8(6)13)7(11)3-12/h1-2,7,12-13H,3,11H2. The number of aliphatic hydroxyl groups is 1. The van der Waals surface area contributed by atoms with Gasteiger partial charge in [0.15, 0.2) is 0 Å². The third kappa shape index (κ3) is 2.09. The minimum Gasteiger partial charge on any atom is -0.506 e. The van der Waals surface area contributed by atoms with Gasteiger partial charge in [0.05, 0.1) is 17.7 Å². The molecule has 0 heterocycles. The smallest absolute Gasteiger partial charge is 0.139 e. The summed E-state index contributed by atoms with van der Waals surface area (Å²) in [5, 5.41) is 17.9. The van der Waals surface area contributed by atoms with Crippen LogP contribution >= 0.6 is 11.6 Å². The zero-order chi connectivity index (χ0) is 10.0. The minimum absolute atomic E-state index is 0.104. The summed E-state index contributed by atoms with van der Waals surface area (Å²) in [7, 11) is 0. The lowest BCUT2D eigenvalue weighted by Gasteiger charge is -2.11. The van der Waals surface area contributed by atoms with Gasteiger partial charge in [-0.25, -0.2) is 4.39 Å². The van der Waals surface area contributed by atoms with Crippen LogP contribution in [0.25, 0.3) is 0 Å². The van der Waals surface area contributed by atoms with Crippen molar-refractivity contribution in [1.82, 2.24) is 0 Å². The molecule has 72 valence electrons. The fourth-order valence-corrected chi connectivity index (χ4v) is 1.18. The van der Waals surface area contributed by atoms with Crippen molar-refractivity contribution in [1.29, 1.82) is 0 Å². The maximum absolute atomic E-state index is 12.8. The molecule has 5 heteroatoms. The third-order valence-electron chi connectivity index (χ3n) is 1.65. The van der Waals surface area contributed by atoms with Gasteiger partial charge in [-0.15, -0.1) is 0 Å².